The van der Waals surface area contributed by atoms with Gasteiger partial charge in [0.15, 0.2) is 5.78 Å². The molecule has 2 aliphatic heterocycles. The van der Waals surface area contributed by atoms with Gasteiger partial charge in [0.2, 0.25) is 5.91 Å². The van der Waals surface area contributed by atoms with Crippen LogP contribution in [-0.4, -0.2) is 83.7 Å². The topological polar surface area (TPSA) is 83.0 Å². The number of piperidine rings is 1. The fraction of sp³-hybridized carbons (Fsp3) is 0.419. The van der Waals surface area contributed by atoms with Crippen LogP contribution >= 0.6 is 11.3 Å². The Morgan fingerprint density at radius 3 is 2.25 bits per heavy atom. The zero-order chi connectivity index (χ0) is 27.9. The van der Waals surface area contributed by atoms with Gasteiger partial charge in [0.25, 0.3) is 5.91 Å². The summed E-state index contributed by atoms with van der Waals surface area (Å²) < 4.78 is 5.13. The molecule has 5 rings (SSSR count). The third-order valence-corrected chi connectivity index (χ3v) is 8.83. The normalized spacial score (nSPS) is 16.6. The van der Waals surface area contributed by atoms with E-state index in [1.807, 2.05) is 21.2 Å². The Kier molecular flexibility index (Phi) is 9.23. The number of methoxy groups -OCH3 is 1. The van der Waals surface area contributed by atoms with E-state index in [1.54, 1.807) is 42.7 Å². The molecule has 2 saturated heterocycles. The minimum atomic E-state index is -0.0384. The van der Waals surface area contributed by atoms with E-state index in [1.165, 1.54) is 5.56 Å². The van der Waals surface area contributed by atoms with Gasteiger partial charge in [0.05, 0.1) is 12.1 Å². The summed E-state index contributed by atoms with van der Waals surface area (Å²) in [6.45, 7) is 5.33. The smallest absolute Gasteiger partial charge is 0.273 e. The highest BCUT2D eigenvalue weighted by Crippen LogP contribution is 2.31. The number of ether oxygens (including phenoxy) is 1. The Morgan fingerprint density at radius 1 is 0.875 bits per heavy atom. The number of likely N-dealkylation sites (tertiary alicyclic amines) is 1. The van der Waals surface area contributed by atoms with Crippen molar-refractivity contribution in [1.29, 1.82) is 0 Å². The molecule has 9 heteroatoms. The van der Waals surface area contributed by atoms with Crippen molar-refractivity contribution in [2.24, 2.45) is 0 Å². The maximum absolute atomic E-state index is 13.1. The van der Waals surface area contributed by atoms with Crippen molar-refractivity contribution in [3.63, 3.8) is 0 Å². The monoisotopic (exact) mass is 560 g/mol. The van der Waals surface area contributed by atoms with Crippen LogP contribution in [-0.2, 0) is 11.3 Å². The average Bonchev–Trinajstić information content (AvgIpc) is 3.51. The van der Waals surface area contributed by atoms with Gasteiger partial charge in [-0.05, 0) is 42.7 Å². The molecule has 0 aliphatic carbocycles. The highest BCUT2D eigenvalue weighted by atomic mass is 32.1. The summed E-state index contributed by atoms with van der Waals surface area (Å²) in [5.41, 5.74) is 2.42. The number of ketones is 1. The number of carbonyl (C=O) groups is 3. The molecule has 1 aromatic heterocycles. The number of aromatic nitrogens is 1. The van der Waals surface area contributed by atoms with Gasteiger partial charge >= 0.3 is 0 Å². The molecule has 0 bridgehead atoms. The van der Waals surface area contributed by atoms with E-state index in [0.29, 0.717) is 43.2 Å². The van der Waals surface area contributed by atoms with Crippen LogP contribution in [0.25, 0.3) is 0 Å². The quantitative estimate of drug-likeness (QED) is 0.359. The van der Waals surface area contributed by atoms with E-state index in [9.17, 15) is 14.4 Å². The number of rotatable bonds is 9. The third-order valence-electron chi connectivity index (χ3n) is 7.82. The Hall–Kier alpha value is -3.56. The molecule has 210 valence electrons. The molecule has 0 radical (unpaired) electrons. The van der Waals surface area contributed by atoms with Crippen LogP contribution < -0.4 is 4.74 Å². The van der Waals surface area contributed by atoms with Gasteiger partial charge in [-0.25, -0.2) is 4.98 Å². The van der Waals surface area contributed by atoms with Gasteiger partial charge in [0.1, 0.15) is 11.4 Å². The fourth-order valence-corrected chi connectivity index (χ4v) is 6.33. The minimum Gasteiger partial charge on any atom is -0.497 e. The van der Waals surface area contributed by atoms with Gasteiger partial charge in [-0.3, -0.25) is 19.3 Å². The second-order valence-electron chi connectivity index (χ2n) is 10.4. The molecule has 40 heavy (non-hydrogen) atoms. The number of hydrogen-bond donors (Lipinski definition) is 0. The van der Waals surface area contributed by atoms with Crippen molar-refractivity contribution in [2.75, 3.05) is 46.4 Å². The first-order valence-electron chi connectivity index (χ1n) is 14.0. The van der Waals surface area contributed by atoms with Crippen LogP contribution in [0.5, 0.6) is 5.75 Å². The highest BCUT2D eigenvalue weighted by Gasteiger charge is 2.28. The minimum absolute atomic E-state index is 0.0102. The Labute approximate surface area is 239 Å². The molecule has 0 spiro atoms. The number of benzene rings is 2. The molecule has 2 fully saturated rings. The Morgan fingerprint density at radius 2 is 1.57 bits per heavy atom. The van der Waals surface area contributed by atoms with Crippen molar-refractivity contribution >= 4 is 28.9 Å². The number of carbonyl (C=O) groups excluding carboxylic acids is 3. The van der Waals surface area contributed by atoms with E-state index < -0.39 is 0 Å². The van der Waals surface area contributed by atoms with E-state index >= 15 is 0 Å². The van der Waals surface area contributed by atoms with Gasteiger partial charge in [-0.1, -0.05) is 30.3 Å². The van der Waals surface area contributed by atoms with Crippen molar-refractivity contribution in [3.8, 4) is 5.75 Å². The first-order valence-corrected chi connectivity index (χ1v) is 14.8. The molecule has 0 atom stereocenters. The van der Waals surface area contributed by atoms with E-state index in [0.717, 1.165) is 37.5 Å². The van der Waals surface area contributed by atoms with Crippen LogP contribution in [0.15, 0.2) is 60.0 Å². The van der Waals surface area contributed by atoms with E-state index in [4.69, 9.17) is 9.72 Å². The summed E-state index contributed by atoms with van der Waals surface area (Å²) in [5, 5.41) is 2.86. The predicted molar refractivity (Wildman–Crippen MR) is 155 cm³/mol. The van der Waals surface area contributed by atoms with E-state index in [-0.39, 0.29) is 36.4 Å². The van der Waals surface area contributed by atoms with Crippen LogP contribution in [0, 0.1) is 0 Å². The molecule has 2 aromatic carbocycles. The highest BCUT2D eigenvalue weighted by molar-refractivity contribution is 7.09. The SMILES string of the molecule is COc1ccc(C(=O)CCC(=O)N2CCC(c3nc(C(=O)N4CCN(Cc5ccccc5)CC4)cs3)CC2)cc1. The second kappa shape index (κ2) is 13.2. The zero-order valence-corrected chi connectivity index (χ0v) is 23.8. The standard InChI is InChI=1S/C31H36N4O4S/c1-39-26-9-7-24(8-10-26)28(36)11-12-29(37)34-15-13-25(14-16-34)30-32-27(22-40-30)31(38)35-19-17-33(18-20-35)21-23-5-3-2-4-6-23/h2-10,22,25H,11-21H2,1H3. The zero-order valence-electron chi connectivity index (χ0n) is 23.0. The molecule has 8 nitrogen and oxygen atoms in total. The molecular weight excluding hydrogens is 524 g/mol. The fourth-order valence-electron chi connectivity index (χ4n) is 5.36. The van der Waals surface area contributed by atoms with Crippen molar-refractivity contribution < 1.29 is 19.1 Å². The first kappa shape index (κ1) is 28.0. The average molecular weight is 561 g/mol. The maximum atomic E-state index is 13.1. The molecular formula is C31H36N4O4S. The van der Waals surface area contributed by atoms with Crippen molar-refractivity contribution in [3.05, 3.63) is 81.8 Å². The third kappa shape index (κ3) is 6.95. The number of piperazine rings is 1. The van der Waals surface area contributed by atoms with Gasteiger partial charge in [-0.2, -0.15) is 0 Å². The van der Waals surface area contributed by atoms with Crippen LogP contribution in [0.1, 0.15) is 63.0 Å². The second-order valence-corrected chi connectivity index (χ2v) is 11.3. The number of thiazole rings is 1. The lowest BCUT2D eigenvalue weighted by Gasteiger charge is -2.34. The van der Waals surface area contributed by atoms with E-state index in [2.05, 4.69) is 29.2 Å². The lowest BCUT2D eigenvalue weighted by Crippen LogP contribution is -2.48. The van der Waals surface area contributed by atoms with Crippen LogP contribution in [0.4, 0.5) is 0 Å². The molecule has 0 N–H and O–H groups in total. The molecule has 2 amide bonds. The van der Waals surface area contributed by atoms with Crippen LogP contribution in [0.3, 0.4) is 0 Å². The number of amides is 2. The molecule has 2 aliphatic rings. The summed E-state index contributed by atoms with van der Waals surface area (Å²) in [7, 11) is 1.59. The molecule has 3 heterocycles. The lowest BCUT2D eigenvalue weighted by atomic mass is 9.97. The molecule has 0 unspecified atom stereocenters. The summed E-state index contributed by atoms with van der Waals surface area (Å²) in [6.07, 6.45) is 2.04. The molecule has 0 saturated carbocycles. The summed E-state index contributed by atoms with van der Waals surface area (Å²) in [4.78, 5) is 49.2. The van der Waals surface area contributed by atoms with Crippen molar-refractivity contribution in [2.45, 2.75) is 38.1 Å². The number of hydrogen-bond acceptors (Lipinski definition) is 7. The Bertz CT molecular complexity index is 1290. The first-order chi connectivity index (χ1) is 19.5. The summed E-state index contributed by atoms with van der Waals surface area (Å²) in [6, 6.07) is 17.4. The van der Waals surface area contributed by atoms with Gasteiger partial charge in [-0.15, -0.1) is 11.3 Å². The summed E-state index contributed by atoms with van der Waals surface area (Å²) >= 11 is 1.55. The number of Topliss-reactive ketones (excluding diaryl/α,β-unsaturated/α-hetero) is 1. The maximum Gasteiger partial charge on any atom is 0.273 e. The number of nitrogens with zero attached hydrogens (tertiary/aromatic N) is 4. The van der Waals surface area contributed by atoms with Gasteiger partial charge in [0, 0.05) is 75.5 Å². The van der Waals surface area contributed by atoms with Crippen molar-refractivity contribution in [1.82, 2.24) is 19.7 Å². The predicted octanol–water partition coefficient (Wildman–Crippen LogP) is 4.48. The summed E-state index contributed by atoms with van der Waals surface area (Å²) in [5.74, 6) is 0.935. The lowest BCUT2D eigenvalue weighted by molar-refractivity contribution is -0.132. The largest absolute Gasteiger partial charge is 0.497 e. The van der Waals surface area contributed by atoms with Gasteiger partial charge < -0.3 is 14.5 Å². The molecule has 3 aromatic rings. The Balaban J connectivity index is 1.05. The van der Waals surface area contributed by atoms with Crippen LogP contribution in [0.2, 0.25) is 0 Å².